The third kappa shape index (κ3) is 2.66. The SMILES string of the molecule is CC[CH2][Pd]. The van der Waals surface area contributed by atoms with Gasteiger partial charge in [-0.2, -0.15) is 0 Å². The van der Waals surface area contributed by atoms with Crippen LogP contribution in [0.3, 0.4) is 0 Å². The standard InChI is InChI=1S/C3H7.Pd/c1-3-2;/h1,3H2,2H3;. The normalized spacial score (nSPS) is 7.75. The first-order valence-electron chi connectivity index (χ1n) is 1.43. The van der Waals surface area contributed by atoms with E-state index in [2.05, 4.69) is 26.1 Å². The van der Waals surface area contributed by atoms with Crippen molar-refractivity contribution in [3.05, 3.63) is 0 Å². The molecule has 1 heteroatoms. The van der Waals surface area contributed by atoms with Gasteiger partial charge >= 0.3 is 37.4 Å². The van der Waals surface area contributed by atoms with Gasteiger partial charge in [-0.1, -0.05) is 0 Å². The first-order chi connectivity index (χ1) is 1.91. The van der Waals surface area contributed by atoms with Crippen LogP contribution in [-0.4, -0.2) is 0 Å². The van der Waals surface area contributed by atoms with Crippen molar-refractivity contribution in [2.24, 2.45) is 0 Å². The number of hydrogen-bond donors (Lipinski definition) is 0. The van der Waals surface area contributed by atoms with Crippen molar-refractivity contribution in [3.8, 4) is 0 Å². The van der Waals surface area contributed by atoms with E-state index in [0.29, 0.717) is 0 Å². The third-order valence-corrected chi connectivity index (χ3v) is 0.935. The molecular formula is C3H7Pd. The topological polar surface area (TPSA) is 0 Å². The summed E-state index contributed by atoms with van der Waals surface area (Å²) in [5.74, 6) is 0. The molecule has 0 amide bonds. The fraction of sp³-hybridized carbons (Fsp3) is 1.00. The Labute approximate surface area is 38.0 Å². The van der Waals surface area contributed by atoms with E-state index in [1.807, 2.05) is 0 Å². The molecule has 0 heterocycles. The van der Waals surface area contributed by atoms with E-state index in [9.17, 15) is 0 Å². The summed E-state index contributed by atoms with van der Waals surface area (Å²) >= 11 is 3.03. The molecule has 0 atom stereocenters. The summed E-state index contributed by atoms with van der Waals surface area (Å²) in [6.07, 6.45) is 1.25. The Bertz CT molecular complexity index is 5.25. The quantitative estimate of drug-likeness (QED) is 0.494. The Morgan fingerprint density at radius 1 is 1.75 bits per heavy atom. The Morgan fingerprint density at radius 2 is 2.00 bits per heavy atom. The fourth-order valence-corrected chi connectivity index (χ4v) is 0. The van der Waals surface area contributed by atoms with E-state index < -0.39 is 0 Å². The predicted molar refractivity (Wildman–Crippen MR) is 15.1 cm³/mol. The maximum absolute atomic E-state index is 3.03. The predicted octanol–water partition coefficient (Wildman–Crippen LogP) is 1.36. The second kappa shape index (κ2) is 3.66. The van der Waals surface area contributed by atoms with Crippen LogP contribution in [0.4, 0.5) is 0 Å². The summed E-state index contributed by atoms with van der Waals surface area (Å²) in [6, 6.07) is 0. The van der Waals surface area contributed by atoms with Crippen molar-refractivity contribution in [1.82, 2.24) is 0 Å². The van der Waals surface area contributed by atoms with E-state index in [1.54, 1.807) is 0 Å². The van der Waals surface area contributed by atoms with E-state index in [0.717, 1.165) is 0 Å². The first-order valence-corrected chi connectivity index (χ1v) is 2.53. The van der Waals surface area contributed by atoms with Crippen LogP contribution in [0.25, 0.3) is 0 Å². The summed E-state index contributed by atoms with van der Waals surface area (Å²) in [7, 11) is 0. The molecule has 0 rings (SSSR count). The molecule has 4 heavy (non-hydrogen) atoms. The second-order valence-electron chi connectivity index (χ2n) is 0.658. The van der Waals surface area contributed by atoms with Crippen LogP contribution in [-0.2, 0) is 19.2 Å². The molecule has 0 bridgehead atoms. The van der Waals surface area contributed by atoms with Crippen LogP contribution in [0.2, 0.25) is 4.89 Å². The molecule has 0 aromatic carbocycles. The van der Waals surface area contributed by atoms with Gasteiger partial charge in [0.25, 0.3) is 0 Å². The van der Waals surface area contributed by atoms with Crippen LogP contribution in [0.5, 0.6) is 0 Å². The molecule has 0 saturated carbocycles. The summed E-state index contributed by atoms with van der Waals surface area (Å²) in [5.41, 5.74) is 0. The minimum absolute atomic E-state index is 1.17. The minimum atomic E-state index is 1.17. The van der Waals surface area contributed by atoms with Crippen LogP contribution < -0.4 is 0 Å². The van der Waals surface area contributed by atoms with Crippen molar-refractivity contribution in [2.45, 2.75) is 18.2 Å². The van der Waals surface area contributed by atoms with Gasteiger partial charge in [0.2, 0.25) is 0 Å². The van der Waals surface area contributed by atoms with Crippen LogP contribution in [0, 0.1) is 0 Å². The van der Waals surface area contributed by atoms with Gasteiger partial charge in [-0.25, -0.2) is 0 Å². The summed E-state index contributed by atoms with van der Waals surface area (Å²) < 4.78 is 0. The van der Waals surface area contributed by atoms with E-state index in [4.69, 9.17) is 0 Å². The first kappa shape index (κ1) is 4.66. The van der Waals surface area contributed by atoms with Gasteiger partial charge in [-0.05, 0) is 0 Å². The molecule has 0 saturated heterocycles. The van der Waals surface area contributed by atoms with Crippen LogP contribution in [0.15, 0.2) is 0 Å². The Hall–Kier alpha value is 0.662. The molecule has 0 unspecified atom stereocenters. The van der Waals surface area contributed by atoms with Crippen LogP contribution in [0.1, 0.15) is 13.3 Å². The Balaban J connectivity index is 1.97. The molecule has 0 fully saturated rings. The molecule has 0 radical (unpaired) electrons. The third-order valence-electron chi connectivity index (χ3n) is 0.158. The summed E-state index contributed by atoms with van der Waals surface area (Å²) in [5, 5.41) is 0. The summed E-state index contributed by atoms with van der Waals surface area (Å²) in [6.45, 7) is 2.14. The fourth-order valence-electron chi connectivity index (χ4n) is 0. The zero-order valence-corrected chi connectivity index (χ0v) is 4.29. The van der Waals surface area contributed by atoms with Crippen molar-refractivity contribution in [3.63, 3.8) is 0 Å². The molecule has 0 N–H and O–H groups in total. The van der Waals surface area contributed by atoms with E-state index in [1.165, 1.54) is 11.3 Å². The zero-order chi connectivity index (χ0) is 3.41. The average molecular weight is 150 g/mol. The monoisotopic (exact) mass is 149 g/mol. The van der Waals surface area contributed by atoms with E-state index >= 15 is 0 Å². The van der Waals surface area contributed by atoms with Gasteiger partial charge in [-0.3, -0.25) is 0 Å². The van der Waals surface area contributed by atoms with Gasteiger partial charge in [0.05, 0.1) is 0 Å². The zero-order valence-electron chi connectivity index (χ0n) is 2.73. The Kier molecular flexibility index (Phi) is 4.27. The molecule has 0 aliphatic heterocycles. The molecular weight excluding hydrogens is 142 g/mol. The van der Waals surface area contributed by atoms with Gasteiger partial charge in [0, 0.05) is 0 Å². The van der Waals surface area contributed by atoms with Gasteiger partial charge in [0.15, 0.2) is 0 Å². The maximum atomic E-state index is 3.03. The molecule has 29 valence electrons. The number of hydrogen-bond acceptors (Lipinski definition) is 0. The van der Waals surface area contributed by atoms with Crippen molar-refractivity contribution in [2.75, 3.05) is 0 Å². The summed E-state index contributed by atoms with van der Waals surface area (Å²) in [4.78, 5) is 1.17. The average Bonchev–Trinajstić information content (AvgIpc) is 1.37. The molecule has 0 aliphatic rings. The number of rotatable bonds is 1. The van der Waals surface area contributed by atoms with Gasteiger partial charge in [-0.15, -0.1) is 0 Å². The van der Waals surface area contributed by atoms with Gasteiger partial charge < -0.3 is 0 Å². The molecule has 0 aromatic rings. The Morgan fingerprint density at radius 3 is 2.00 bits per heavy atom. The van der Waals surface area contributed by atoms with Gasteiger partial charge in [0.1, 0.15) is 0 Å². The molecule has 0 nitrogen and oxygen atoms in total. The molecule has 0 aromatic heterocycles. The van der Waals surface area contributed by atoms with Crippen molar-refractivity contribution in [1.29, 1.82) is 0 Å². The molecule has 0 aliphatic carbocycles. The second-order valence-corrected chi connectivity index (χ2v) is 1.44. The molecule has 0 spiro atoms. The van der Waals surface area contributed by atoms with E-state index in [-0.39, 0.29) is 0 Å². The van der Waals surface area contributed by atoms with Crippen LogP contribution >= 0.6 is 0 Å². The van der Waals surface area contributed by atoms with Crippen molar-refractivity contribution >= 4 is 0 Å². The van der Waals surface area contributed by atoms with Crippen molar-refractivity contribution < 1.29 is 19.2 Å².